The van der Waals surface area contributed by atoms with E-state index in [0.29, 0.717) is 56.5 Å². The average molecular weight is 457 g/mol. The SMILES string of the molecule is N#Cc1cccc([C@@H]2CC=NN2C(=O)N2CCN(c3nccc(-n4cc(CN)cn4)n3)CC2)c1. The monoisotopic (exact) mass is 456 g/mol. The lowest BCUT2D eigenvalue weighted by atomic mass is 10.0. The van der Waals surface area contributed by atoms with Gasteiger partial charge < -0.3 is 15.5 Å². The highest BCUT2D eigenvalue weighted by Gasteiger charge is 2.33. The molecule has 2 amide bonds. The van der Waals surface area contributed by atoms with Gasteiger partial charge in [0.2, 0.25) is 5.95 Å². The summed E-state index contributed by atoms with van der Waals surface area (Å²) >= 11 is 0. The van der Waals surface area contributed by atoms with Crippen LogP contribution in [0.3, 0.4) is 0 Å². The molecule has 0 bridgehead atoms. The third-order valence-corrected chi connectivity index (χ3v) is 5.99. The van der Waals surface area contributed by atoms with Gasteiger partial charge in [-0.15, -0.1) is 0 Å². The van der Waals surface area contributed by atoms with Crippen LogP contribution in [0.15, 0.2) is 54.0 Å². The van der Waals surface area contributed by atoms with Crippen LogP contribution in [0.25, 0.3) is 5.82 Å². The van der Waals surface area contributed by atoms with Crippen LogP contribution in [0.5, 0.6) is 0 Å². The van der Waals surface area contributed by atoms with E-state index in [1.807, 2.05) is 24.4 Å². The minimum absolute atomic E-state index is 0.138. The highest BCUT2D eigenvalue weighted by atomic mass is 16.2. The Morgan fingerprint density at radius 3 is 2.82 bits per heavy atom. The van der Waals surface area contributed by atoms with Gasteiger partial charge in [-0.1, -0.05) is 12.1 Å². The number of carbonyl (C=O) groups is 1. The molecule has 2 N–H and O–H groups in total. The van der Waals surface area contributed by atoms with Crippen molar-refractivity contribution in [2.24, 2.45) is 10.8 Å². The van der Waals surface area contributed by atoms with Crippen molar-refractivity contribution in [3.05, 3.63) is 65.6 Å². The zero-order chi connectivity index (χ0) is 23.5. The summed E-state index contributed by atoms with van der Waals surface area (Å²) in [5, 5.41) is 19.4. The van der Waals surface area contributed by atoms with Gasteiger partial charge in [0, 0.05) is 69.4 Å². The van der Waals surface area contributed by atoms with E-state index in [9.17, 15) is 10.1 Å². The number of urea groups is 1. The van der Waals surface area contributed by atoms with Crippen molar-refractivity contribution in [1.29, 1.82) is 5.26 Å². The number of hydrogen-bond donors (Lipinski definition) is 1. The number of carbonyl (C=O) groups excluding carboxylic acids is 1. The topological polar surface area (TPSA) is 133 Å². The molecular formula is C23H24N10O. The Morgan fingerprint density at radius 1 is 1.21 bits per heavy atom. The minimum atomic E-state index is -0.202. The van der Waals surface area contributed by atoms with Gasteiger partial charge in [-0.3, -0.25) is 0 Å². The number of amides is 2. The Balaban J connectivity index is 1.24. The number of piperazine rings is 1. The number of nitrogens with two attached hydrogens (primary N) is 1. The van der Waals surface area contributed by atoms with Gasteiger partial charge in [0.1, 0.15) is 0 Å². The smallest absolute Gasteiger partial charge is 0.337 e. The van der Waals surface area contributed by atoms with Crippen molar-refractivity contribution in [3.63, 3.8) is 0 Å². The second-order valence-corrected chi connectivity index (χ2v) is 8.10. The molecule has 2 aliphatic heterocycles. The second kappa shape index (κ2) is 9.29. The maximum absolute atomic E-state index is 13.3. The Bertz CT molecular complexity index is 1250. The van der Waals surface area contributed by atoms with Crippen LogP contribution in [0, 0.1) is 11.3 Å². The highest BCUT2D eigenvalue weighted by Crippen LogP contribution is 2.30. The number of aromatic nitrogens is 4. The van der Waals surface area contributed by atoms with Gasteiger partial charge in [0.05, 0.1) is 23.9 Å². The van der Waals surface area contributed by atoms with Crippen LogP contribution in [0.4, 0.5) is 10.7 Å². The summed E-state index contributed by atoms with van der Waals surface area (Å²) in [6, 6.07) is 10.9. The highest BCUT2D eigenvalue weighted by molar-refractivity contribution is 5.78. The first-order chi connectivity index (χ1) is 16.7. The molecule has 2 aliphatic rings. The summed E-state index contributed by atoms with van der Waals surface area (Å²) in [6.07, 6.45) is 7.65. The largest absolute Gasteiger partial charge is 0.341 e. The number of benzene rings is 1. The third kappa shape index (κ3) is 4.18. The molecule has 2 aromatic heterocycles. The summed E-state index contributed by atoms with van der Waals surface area (Å²) in [4.78, 5) is 26.2. The van der Waals surface area contributed by atoms with E-state index in [0.717, 1.165) is 11.1 Å². The van der Waals surface area contributed by atoms with Crippen molar-refractivity contribution < 1.29 is 4.79 Å². The molecule has 0 spiro atoms. The molecule has 3 aromatic rings. The molecule has 0 unspecified atom stereocenters. The van der Waals surface area contributed by atoms with Crippen LogP contribution in [0.1, 0.15) is 29.2 Å². The van der Waals surface area contributed by atoms with Crippen LogP contribution in [0.2, 0.25) is 0 Å². The summed E-state index contributed by atoms with van der Waals surface area (Å²) < 4.78 is 1.68. The lowest BCUT2D eigenvalue weighted by molar-refractivity contribution is 0.139. The van der Waals surface area contributed by atoms with Crippen LogP contribution < -0.4 is 10.6 Å². The predicted molar refractivity (Wildman–Crippen MR) is 125 cm³/mol. The van der Waals surface area contributed by atoms with Crippen LogP contribution in [-0.4, -0.2) is 68.1 Å². The third-order valence-electron chi connectivity index (χ3n) is 5.99. The fraction of sp³-hybridized carbons (Fsp3) is 0.304. The molecule has 4 heterocycles. The molecule has 172 valence electrons. The fourth-order valence-electron chi connectivity index (χ4n) is 4.14. The molecular weight excluding hydrogens is 432 g/mol. The molecule has 1 saturated heterocycles. The maximum Gasteiger partial charge on any atom is 0.341 e. The Hall–Kier alpha value is -4.30. The molecule has 0 radical (unpaired) electrons. The van der Waals surface area contributed by atoms with E-state index in [1.54, 1.807) is 40.3 Å². The van der Waals surface area contributed by atoms with Crippen molar-refractivity contribution in [2.75, 3.05) is 31.1 Å². The maximum atomic E-state index is 13.3. The van der Waals surface area contributed by atoms with Crippen LogP contribution >= 0.6 is 0 Å². The van der Waals surface area contributed by atoms with Gasteiger partial charge in [-0.2, -0.15) is 20.4 Å². The van der Waals surface area contributed by atoms with E-state index in [1.165, 1.54) is 5.01 Å². The number of nitriles is 1. The van der Waals surface area contributed by atoms with Crippen molar-refractivity contribution >= 4 is 18.2 Å². The van der Waals surface area contributed by atoms with Crippen molar-refractivity contribution in [2.45, 2.75) is 19.0 Å². The van der Waals surface area contributed by atoms with E-state index < -0.39 is 0 Å². The average Bonchev–Trinajstić information content (AvgIpc) is 3.59. The zero-order valence-corrected chi connectivity index (χ0v) is 18.5. The standard InChI is InChI=1S/C23H24N10O/c24-13-17-2-1-3-19(12-17)20-4-7-27-33(20)23(34)31-10-8-30(9-11-31)22-26-6-5-21(29-22)32-16-18(14-25)15-28-32/h1-3,5-7,12,15-16,20H,4,8-11,14,25H2/t20-/m0/s1. The Morgan fingerprint density at radius 2 is 2.06 bits per heavy atom. The molecule has 5 rings (SSSR count). The number of anilines is 1. The molecule has 34 heavy (non-hydrogen) atoms. The number of hydrazone groups is 1. The van der Waals surface area contributed by atoms with Gasteiger partial charge in [0.15, 0.2) is 5.82 Å². The van der Waals surface area contributed by atoms with Gasteiger partial charge in [0.25, 0.3) is 0 Å². The first-order valence-electron chi connectivity index (χ1n) is 11.1. The van der Waals surface area contributed by atoms with E-state index >= 15 is 0 Å². The lowest BCUT2D eigenvalue weighted by Gasteiger charge is -2.37. The van der Waals surface area contributed by atoms with E-state index in [4.69, 9.17) is 5.73 Å². The van der Waals surface area contributed by atoms with E-state index in [-0.39, 0.29) is 12.1 Å². The van der Waals surface area contributed by atoms with Gasteiger partial charge in [-0.25, -0.2) is 19.5 Å². The summed E-state index contributed by atoms with van der Waals surface area (Å²) in [5.41, 5.74) is 8.08. The molecule has 1 atom stereocenters. The Kier molecular flexibility index (Phi) is 5.88. The second-order valence-electron chi connectivity index (χ2n) is 8.10. The summed E-state index contributed by atoms with van der Waals surface area (Å²) in [7, 11) is 0. The van der Waals surface area contributed by atoms with Gasteiger partial charge >= 0.3 is 6.03 Å². The zero-order valence-electron chi connectivity index (χ0n) is 18.5. The molecule has 1 fully saturated rings. The molecule has 1 aromatic carbocycles. The van der Waals surface area contributed by atoms with E-state index in [2.05, 4.69) is 31.1 Å². The summed E-state index contributed by atoms with van der Waals surface area (Å²) in [6.45, 7) is 2.69. The quantitative estimate of drug-likeness (QED) is 0.631. The van der Waals surface area contributed by atoms with Crippen LogP contribution in [-0.2, 0) is 6.54 Å². The normalized spacial score (nSPS) is 17.8. The van der Waals surface area contributed by atoms with Crippen molar-refractivity contribution in [1.82, 2.24) is 29.7 Å². The van der Waals surface area contributed by atoms with Crippen molar-refractivity contribution in [3.8, 4) is 11.9 Å². The lowest BCUT2D eigenvalue weighted by Crippen LogP contribution is -2.52. The molecule has 11 heteroatoms. The fourth-order valence-corrected chi connectivity index (χ4v) is 4.14. The number of nitrogens with zero attached hydrogens (tertiary/aromatic N) is 9. The van der Waals surface area contributed by atoms with Gasteiger partial charge in [-0.05, 0) is 17.7 Å². The first kappa shape index (κ1) is 21.5. The molecule has 11 nitrogen and oxygen atoms in total. The summed E-state index contributed by atoms with van der Waals surface area (Å²) in [5.74, 6) is 1.26. The minimum Gasteiger partial charge on any atom is -0.337 e. The molecule has 0 saturated carbocycles. The number of rotatable bonds is 4. The Labute approximate surface area is 196 Å². The first-order valence-corrected chi connectivity index (χ1v) is 11.1. The number of hydrogen-bond acceptors (Lipinski definition) is 8. The molecule has 0 aliphatic carbocycles. The predicted octanol–water partition coefficient (Wildman–Crippen LogP) is 1.67.